The molecular weight excluding hydrogens is 248 g/mol. The van der Waals surface area contributed by atoms with Gasteiger partial charge in [0.05, 0.1) is 0 Å². The molecule has 0 aromatic heterocycles. The molecule has 118 valence electrons. The number of hydrogen-bond acceptors (Lipinski definition) is 2. The zero-order valence-electron chi connectivity index (χ0n) is 13.7. The van der Waals surface area contributed by atoms with Gasteiger partial charge in [-0.3, -0.25) is 4.99 Å². The summed E-state index contributed by atoms with van der Waals surface area (Å²) in [6, 6.07) is 0.825. The van der Waals surface area contributed by atoms with Crippen LogP contribution in [0.25, 0.3) is 0 Å². The highest BCUT2D eigenvalue weighted by Crippen LogP contribution is 2.21. The minimum absolute atomic E-state index is 0.825. The Morgan fingerprint density at radius 3 is 2.55 bits per heavy atom. The molecule has 0 aliphatic heterocycles. The summed E-state index contributed by atoms with van der Waals surface area (Å²) in [6.07, 6.45) is 9.34. The fourth-order valence-corrected chi connectivity index (χ4v) is 2.80. The SMILES string of the molecule is CCCN=C(NCC)NCCCN(C)C1CCCCC1. The largest absolute Gasteiger partial charge is 0.357 e. The van der Waals surface area contributed by atoms with Crippen LogP contribution in [0.4, 0.5) is 0 Å². The van der Waals surface area contributed by atoms with Crippen molar-refractivity contribution in [3.63, 3.8) is 0 Å². The van der Waals surface area contributed by atoms with Gasteiger partial charge in [0.15, 0.2) is 5.96 Å². The monoisotopic (exact) mass is 282 g/mol. The summed E-state index contributed by atoms with van der Waals surface area (Å²) in [6.45, 7) is 8.29. The van der Waals surface area contributed by atoms with Crippen LogP contribution in [-0.2, 0) is 0 Å². The third kappa shape index (κ3) is 7.13. The van der Waals surface area contributed by atoms with E-state index in [9.17, 15) is 0 Å². The lowest BCUT2D eigenvalue weighted by Gasteiger charge is -2.31. The van der Waals surface area contributed by atoms with Gasteiger partial charge < -0.3 is 15.5 Å². The lowest BCUT2D eigenvalue weighted by Crippen LogP contribution is -2.40. The van der Waals surface area contributed by atoms with E-state index in [1.54, 1.807) is 0 Å². The topological polar surface area (TPSA) is 39.7 Å². The summed E-state index contributed by atoms with van der Waals surface area (Å²) in [4.78, 5) is 7.07. The summed E-state index contributed by atoms with van der Waals surface area (Å²) in [5.41, 5.74) is 0. The highest BCUT2D eigenvalue weighted by Gasteiger charge is 2.17. The first-order valence-corrected chi connectivity index (χ1v) is 8.50. The molecule has 1 fully saturated rings. The Hall–Kier alpha value is -0.770. The zero-order valence-corrected chi connectivity index (χ0v) is 13.7. The van der Waals surface area contributed by atoms with Crippen molar-refractivity contribution >= 4 is 5.96 Å². The molecule has 0 saturated heterocycles. The smallest absolute Gasteiger partial charge is 0.191 e. The number of rotatable bonds is 8. The molecule has 0 bridgehead atoms. The summed E-state index contributed by atoms with van der Waals surface area (Å²) < 4.78 is 0. The second kappa shape index (κ2) is 11.0. The molecule has 1 aliphatic carbocycles. The summed E-state index contributed by atoms with van der Waals surface area (Å²) in [5.74, 6) is 0.967. The fraction of sp³-hybridized carbons (Fsp3) is 0.938. The van der Waals surface area contributed by atoms with Crippen molar-refractivity contribution in [1.29, 1.82) is 0 Å². The van der Waals surface area contributed by atoms with Crippen LogP contribution in [-0.4, -0.2) is 50.1 Å². The molecule has 0 radical (unpaired) electrons. The van der Waals surface area contributed by atoms with E-state index in [1.165, 1.54) is 45.1 Å². The van der Waals surface area contributed by atoms with Gasteiger partial charge in [0, 0.05) is 25.7 Å². The van der Waals surface area contributed by atoms with Crippen molar-refractivity contribution in [3.8, 4) is 0 Å². The standard InChI is InChI=1S/C16H34N4/c1-4-12-18-16(17-5-2)19-13-9-14-20(3)15-10-7-6-8-11-15/h15H,4-14H2,1-3H3,(H2,17,18,19). The Labute approximate surface area is 125 Å². The van der Waals surface area contributed by atoms with E-state index in [0.29, 0.717) is 0 Å². The highest BCUT2D eigenvalue weighted by molar-refractivity contribution is 5.79. The molecule has 0 atom stereocenters. The van der Waals surface area contributed by atoms with E-state index >= 15 is 0 Å². The predicted octanol–water partition coefficient (Wildman–Crippen LogP) is 2.61. The lowest BCUT2D eigenvalue weighted by atomic mass is 9.94. The van der Waals surface area contributed by atoms with Crippen LogP contribution in [0.2, 0.25) is 0 Å². The van der Waals surface area contributed by atoms with Crippen LogP contribution in [0.5, 0.6) is 0 Å². The van der Waals surface area contributed by atoms with Gasteiger partial charge in [0.2, 0.25) is 0 Å². The van der Waals surface area contributed by atoms with Crippen LogP contribution < -0.4 is 10.6 Å². The Balaban J connectivity index is 2.15. The maximum absolute atomic E-state index is 4.52. The third-order valence-corrected chi connectivity index (χ3v) is 4.02. The molecule has 4 nitrogen and oxygen atoms in total. The average Bonchev–Trinajstić information content (AvgIpc) is 2.49. The molecule has 1 aliphatic rings. The maximum Gasteiger partial charge on any atom is 0.191 e. The number of guanidine groups is 1. The van der Waals surface area contributed by atoms with E-state index in [-0.39, 0.29) is 0 Å². The summed E-state index contributed by atoms with van der Waals surface area (Å²) in [7, 11) is 2.28. The van der Waals surface area contributed by atoms with Crippen LogP contribution in [0.1, 0.15) is 58.8 Å². The fourth-order valence-electron chi connectivity index (χ4n) is 2.80. The van der Waals surface area contributed by atoms with Crippen molar-refractivity contribution in [1.82, 2.24) is 15.5 Å². The van der Waals surface area contributed by atoms with Gasteiger partial charge in [-0.25, -0.2) is 0 Å². The Morgan fingerprint density at radius 2 is 1.90 bits per heavy atom. The molecule has 0 amide bonds. The summed E-state index contributed by atoms with van der Waals surface area (Å²) in [5, 5.41) is 6.72. The maximum atomic E-state index is 4.52. The second-order valence-electron chi connectivity index (χ2n) is 5.81. The molecule has 0 aromatic rings. The van der Waals surface area contributed by atoms with Gasteiger partial charge in [-0.2, -0.15) is 0 Å². The molecule has 20 heavy (non-hydrogen) atoms. The molecule has 0 unspecified atom stereocenters. The highest BCUT2D eigenvalue weighted by atomic mass is 15.2. The molecule has 0 aromatic carbocycles. The normalized spacial score (nSPS) is 17.5. The van der Waals surface area contributed by atoms with E-state index in [1.807, 2.05) is 0 Å². The third-order valence-electron chi connectivity index (χ3n) is 4.02. The van der Waals surface area contributed by atoms with Crippen LogP contribution in [0.3, 0.4) is 0 Å². The Morgan fingerprint density at radius 1 is 1.15 bits per heavy atom. The number of nitrogens with zero attached hydrogens (tertiary/aromatic N) is 2. The van der Waals surface area contributed by atoms with E-state index in [2.05, 4.69) is 41.4 Å². The molecule has 2 N–H and O–H groups in total. The minimum atomic E-state index is 0.825. The first-order chi connectivity index (χ1) is 9.77. The molecule has 1 saturated carbocycles. The Kier molecular flexibility index (Phi) is 9.46. The average molecular weight is 282 g/mol. The molecule has 0 heterocycles. The summed E-state index contributed by atoms with van der Waals surface area (Å²) >= 11 is 0. The van der Waals surface area contributed by atoms with Crippen molar-refractivity contribution in [2.75, 3.05) is 33.2 Å². The lowest BCUT2D eigenvalue weighted by molar-refractivity contribution is 0.190. The van der Waals surface area contributed by atoms with Gasteiger partial charge >= 0.3 is 0 Å². The van der Waals surface area contributed by atoms with Crippen molar-refractivity contribution in [2.45, 2.75) is 64.8 Å². The van der Waals surface area contributed by atoms with Crippen molar-refractivity contribution in [2.24, 2.45) is 4.99 Å². The Bertz CT molecular complexity index is 259. The first kappa shape index (κ1) is 17.3. The quantitative estimate of drug-likeness (QED) is 0.408. The van der Waals surface area contributed by atoms with Gasteiger partial charge in [0.25, 0.3) is 0 Å². The van der Waals surface area contributed by atoms with Gasteiger partial charge in [-0.05, 0) is 46.2 Å². The molecule has 4 heteroatoms. The van der Waals surface area contributed by atoms with Crippen molar-refractivity contribution in [3.05, 3.63) is 0 Å². The number of aliphatic imine (C=N–C) groups is 1. The van der Waals surface area contributed by atoms with Gasteiger partial charge in [0.1, 0.15) is 0 Å². The van der Waals surface area contributed by atoms with Crippen LogP contribution >= 0.6 is 0 Å². The van der Waals surface area contributed by atoms with E-state index < -0.39 is 0 Å². The molecule has 0 spiro atoms. The number of hydrogen-bond donors (Lipinski definition) is 2. The van der Waals surface area contributed by atoms with Gasteiger partial charge in [-0.15, -0.1) is 0 Å². The molecular formula is C16H34N4. The zero-order chi connectivity index (χ0) is 14.6. The predicted molar refractivity (Wildman–Crippen MR) is 88.4 cm³/mol. The van der Waals surface area contributed by atoms with Crippen LogP contribution in [0, 0.1) is 0 Å². The van der Waals surface area contributed by atoms with Crippen LogP contribution in [0.15, 0.2) is 4.99 Å². The minimum Gasteiger partial charge on any atom is -0.357 e. The second-order valence-corrected chi connectivity index (χ2v) is 5.81. The van der Waals surface area contributed by atoms with Gasteiger partial charge in [-0.1, -0.05) is 26.2 Å². The molecule has 1 rings (SSSR count). The van der Waals surface area contributed by atoms with Crippen molar-refractivity contribution < 1.29 is 0 Å². The number of nitrogens with one attached hydrogen (secondary N) is 2. The first-order valence-electron chi connectivity index (χ1n) is 8.50. The van der Waals surface area contributed by atoms with E-state index in [4.69, 9.17) is 0 Å². The van der Waals surface area contributed by atoms with E-state index in [0.717, 1.165) is 38.1 Å².